The van der Waals surface area contributed by atoms with Crippen LogP contribution in [0.1, 0.15) is 219 Å². The normalized spacial score (nSPS) is 25.3. The first kappa shape index (κ1) is 67.1. The van der Waals surface area contributed by atoms with Crippen molar-refractivity contribution in [2.45, 2.75) is 287 Å². The number of carbonyl (C=O) groups excluding carboxylic acids is 1. The first-order valence-electron chi connectivity index (χ1n) is 29.2. The van der Waals surface area contributed by atoms with Crippen LogP contribution in [0.3, 0.4) is 0 Å². The molecule has 0 aromatic carbocycles. The molecule has 0 aromatic rings. The Morgan fingerprint density at radius 1 is 0.466 bits per heavy atom. The summed E-state index contributed by atoms with van der Waals surface area (Å²) in [6.07, 6.45) is 38.9. The highest BCUT2D eigenvalue weighted by Gasteiger charge is 2.47. The molecule has 2 aliphatic rings. The quantitative estimate of drug-likeness (QED) is 0.0172. The van der Waals surface area contributed by atoms with E-state index in [1.165, 1.54) is 122 Å². The molecule has 0 aliphatic carbocycles. The van der Waals surface area contributed by atoms with Crippen molar-refractivity contribution in [1.29, 1.82) is 0 Å². The van der Waals surface area contributed by atoms with Crippen molar-refractivity contribution in [1.82, 2.24) is 0 Å². The van der Waals surface area contributed by atoms with E-state index in [2.05, 4.69) is 62.5 Å². The van der Waals surface area contributed by atoms with E-state index in [0.29, 0.717) is 13.0 Å². The first-order chi connectivity index (χ1) is 35.6. The van der Waals surface area contributed by atoms with Gasteiger partial charge in [0.1, 0.15) is 54.9 Å². The molecule has 14 nitrogen and oxygen atoms in total. The molecular weight excluding hydrogens is 933 g/mol. The lowest BCUT2D eigenvalue weighted by Gasteiger charge is -2.42. The van der Waals surface area contributed by atoms with Gasteiger partial charge in [-0.25, -0.2) is 0 Å². The molecule has 2 aliphatic heterocycles. The topological polar surface area (TPSA) is 214 Å². The van der Waals surface area contributed by atoms with E-state index in [-0.39, 0.29) is 25.6 Å². The van der Waals surface area contributed by atoms with Gasteiger partial charge in [0.2, 0.25) is 0 Å². The molecule has 2 heterocycles. The molecule has 0 bridgehead atoms. The lowest BCUT2D eigenvalue weighted by atomic mass is 9.98. The molecule has 11 atom stereocenters. The number of ether oxygens (including phenoxy) is 6. The Morgan fingerprint density at radius 3 is 1.41 bits per heavy atom. The molecule has 2 rings (SSSR count). The Morgan fingerprint density at radius 2 is 0.890 bits per heavy atom. The lowest BCUT2D eigenvalue weighted by Crippen LogP contribution is -2.61. The summed E-state index contributed by atoms with van der Waals surface area (Å²) in [5.74, 6) is -0.385. The van der Waals surface area contributed by atoms with Crippen LogP contribution in [-0.4, -0.2) is 142 Å². The number of aliphatic hydroxyl groups is 7. The van der Waals surface area contributed by atoms with E-state index in [1.807, 2.05) is 0 Å². The Labute approximate surface area is 442 Å². The van der Waals surface area contributed by atoms with Crippen molar-refractivity contribution in [3.05, 3.63) is 48.6 Å². The van der Waals surface area contributed by atoms with Crippen LogP contribution >= 0.6 is 0 Å². The molecule has 0 amide bonds. The highest BCUT2D eigenvalue weighted by atomic mass is 16.7. The third kappa shape index (κ3) is 33.0. The summed E-state index contributed by atoms with van der Waals surface area (Å²) >= 11 is 0. The number of carbonyl (C=O) groups is 1. The number of hydrogen-bond acceptors (Lipinski definition) is 14. The summed E-state index contributed by atoms with van der Waals surface area (Å²) in [7, 11) is 0. The molecule has 0 aromatic heterocycles. The maximum absolute atomic E-state index is 13.1. The number of aliphatic hydroxyl groups excluding tert-OH is 7. The van der Waals surface area contributed by atoms with Crippen LogP contribution in [0.15, 0.2) is 48.6 Å². The van der Waals surface area contributed by atoms with Crippen LogP contribution in [0.25, 0.3) is 0 Å². The zero-order valence-corrected chi connectivity index (χ0v) is 45.6. The van der Waals surface area contributed by atoms with Crippen LogP contribution in [0.4, 0.5) is 0 Å². The molecule has 7 N–H and O–H groups in total. The minimum absolute atomic E-state index is 0.0565. The van der Waals surface area contributed by atoms with Gasteiger partial charge < -0.3 is 64.2 Å². The Hall–Kier alpha value is -2.05. The van der Waals surface area contributed by atoms with Gasteiger partial charge in [0.05, 0.1) is 26.4 Å². The van der Waals surface area contributed by atoms with Gasteiger partial charge in [0.15, 0.2) is 12.6 Å². The number of esters is 1. The minimum Gasteiger partial charge on any atom is -0.457 e. The van der Waals surface area contributed by atoms with E-state index < -0.39 is 80.7 Å². The van der Waals surface area contributed by atoms with Crippen LogP contribution in [0, 0.1) is 0 Å². The van der Waals surface area contributed by atoms with Crippen molar-refractivity contribution < 1.29 is 69.0 Å². The van der Waals surface area contributed by atoms with Gasteiger partial charge >= 0.3 is 5.97 Å². The fourth-order valence-electron chi connectivity index (χ4n) is 9.12. The van der Waals surface area contributed by atoms with E-state index in [9.17, 15) is 40.5 Å². The second kappa shape index (κ2) is 46.1. The van der Waals surface area contributed by atoms with Gasteiger partial charge in [0, 0.05) is 13.0 Å². The minimum atomic E-state index is -1.71. The summed E-state index contributed by atoms with van der Waals surface area (Å²) in [5.41, 5.74) is 0. The monoisotopic (exact) mass is 1040 g/mol. The lowest BCUT2D eigenvalue weighted by molar-refractivity contribution is -0.332. The summed E-state index contributed by atoms with van der Waals surface area (Å²) in [5, 5.41) is 72.3. The average Bonchev–Trinajstić information content (AvgIpc) is 3.39. The summed E-state index contributed by atoms with van der Waals surface area (Å²) in [6.45, 7) is 3.58. The summed E-state index contributed by atoms with van der Waals surface area (Å²) in [6, 6.07) is 0. The zero-order valence-electron chi connectivity index (χ0n) is 45.6. The molecule has 2 saturated heterocycles. The van der Waals surface area contributed by atoms with Gasteiger partial charge in [-0.05, 0) is 70.6 Å². The largest absolute Gasteiger partial charge is 0.457 e. The maximum Gasteiger partial charge on any atom is 0.306 e. The molecule has 0 radical (unpaired) electrons. The van der Waals surface area contributed by atoms with Crippen LogP contribution in [0.2, 0.25) is 0 Å². The van der Waals surface area contributed by atoms with E-state index in [0.717, 1.165) is 70.6 Å². The highest BCUT2D eigenvalue weighted by molar-refractivity contribution is 5.69. The Kier molecular flexibility index (Phi) is 42.3. The predicted molar refractivity (Wildman–Crippen MR) is 289 cm³/mol. The van der Waals surface area contributed by atoms with Crippen molar-refractivity contribution in [3.63, 3.8) is 0 Å². The van der Waals surface area contributed by atoms with E-state index >= 15 is 0 Å². The van der Waals surface area contributed by atoms with Gasteiger partial charge in [-0.1, -0.05) is 191 Å². The molecule has 0 saturated carbocycles. The van der Waals surface area contributed by atoms with Crippen LogP contribution in [-0.2, 0) is 33.2 Å². The zero-order chi connectivity index (χ0) is 53.0. The van der Waals surface area contributed by atoms with Gasteiger partial charge in [-0.15, -0.1) is 0 Å². The fraction of sp³-hybridized carbons (Fsp3) is 0.847. The number of unbranched alkanes of at least 4 members (excludes halogenated alkanes) is 25. The average molecular weight is 1040 g/mol. The number of allylic oxidation sites excluding steroid dienone is 8. The predicted octanol–water partition coefficient (Wildman–Crippen LogP) is 10.3. The molecular formula is C59H106O14. The molecule has 0 spiro atoms. The summed E-state index contributed by atoms with van der Waals surface area (Å²) < 4.78 is 34.4. The smallest absolute Gasteiger partial charge is 0.306 e. The van der Waals surface area contributed by atoms with Crippen molar-refractivity contribution >= 4 is 5.97 Å². The molecule has 2 fully saturated rings. The second-order valence-corrected chi connectivity index (χ2v) is 20.4. The van der Waals surface area contributed by atoms with Crippen molar-refractivity contribution in [2.75, 3.05) is 33.0 Å². The standard InChI is InChI=1S/C59H106O14/c1-3-5-7-9-11-13-15-17-19-21-22-23-24-25-27-29-31-33-35-37-39-41-43-68-45-48(71-51(61)42-40-38-36-34-32-30-28-26-20-18-16-14-12-10-8-6-4-2)46-69-58-57(67)55(65)53(63)50(73-58)47-70-59-56(66)54(64)52(62)49(44-60)72-59/h6,8,12,14,18,20-22,48-50,52-60,62-67H,3-5,7,9-11,13,15-17,19,23-47H2,1-2H3/b8-6-,14-12-,20-18-,22-21-. The van der Waals surface area contributed by atoms with E-state index in [1.54, 1.807) is 0 Å². The van der Waals surface area contributed by atoms with Gasteiger partial charge in [-0.2, -0.15) is 0 Å². The Balaban J connectivity index is 1.71. The van der Waals surface area contributed by atoms with E-state index in [4.69, 9.17) is 28.4 Å². The van der Waals surface area contributed by atoms with Gasteiger partial charge in [0.25, 0.3) is 0 Å². The molecule has 14 heteroatoms. The van der Waals surface area contributed by atoms with Crippen molar-refractivity contribution in [2.24, 2.45) is 0 Å². The number of hydrogen-bond donors (Lipinski definition) is 7. The van der Waals surface area contributed by atoms with Crippen molar-refractivity contribution in [3.8, 4) is 0 Å². The number of rotatable bonds is 47. The first-order valence-corrected chi connectivity index (χ1v) is 29.2. The molecule has 73 heavy (non-hydrogen) atoms. The summed E-state index contributed by atoms with van der Waals surface area (Å²) in [4.78, 5) is 13.1. The second-order valence-electron chi connectivity index (χ2n) is 20.4. The van der Waals surface area contributed by atoms with Gasteiger partial charge in [-0.3, -0.25) is 4.79 Å². The molecule has 11 unspecified atom stereocenters. The molecule has 426 valence electrons. The maximum atomic E-state index is 13.1. The highest BCUT2D eigenvalue weighted by Crippen LogP contribution is 2.27. The van der Waals surface area contributed by atoms with Crippen LogP contribution < -0.4 is 0 Å². The fourth-order valence-corrected chi connectivity index (χ4v) is 9.12. The SMILES string of the molecule is CC/C=C\C/C=C\C/C=C\CCCCCCCCCC(=O)OC(COCCCCCCCCCCCC/C=C\CCCCCCCCCC)COC1OC(COC2OC(CO)C(O)C(O)C2O)C(O)C(O)C1O. The van der Waals surface area contributed by atoms with Crippen LogP contribution in [0.5, 0.6) is 0 Å². The Bertz CT molecular complexity index is 1390. The third-order valence-electron chi connectivity index (χ3n) is 13.8. The third-order valence-corrected chi connectivity index (χ3v) is 13.8.